The summed E-state index contributed by atoms with van der Waals surface area (Å²) in [5.41, 5.74) is 7.44. The molecule has 0 aliphatic rings. The fraction of sp³-hybridized carbons (Fsp3) is 0.250. The van der Waals surface area contributed by atoms with E-state index in [-0.39, 0.29) is 0 Å². The first-order valence-corrected chi connectivity index (χ1v) is 7.55. The predicted molar refractivity (Wildman–Crippen MR) is 89.3 cm³/mol. The number of benzene rings is 2. The molecule has 2 rings (SSSR count). The maximum absolute atomic E-state index is 6.57. The molecule has 3 nitrogen and oxygen atoms in total. The van der Waals surface area contributed by atoms with Gasteiger partial charge in [-0.2, -0.15) is 0 Å². The lowest BCUT2D eigenvalue weighted by Gasteiger charge is -2.29. The summed E-state index contributed by atoms with van der Waals surface area (Å²) >= 11 is 9.79. The SMILES string of the molecule is COc1ccc(C(C)(N)c2ccccc2Cl)c(OC)c1Br. The summed E-state index contributed by atoms with van der Waals surface area (Å²) in [4.78, 5) is 0. The van der Waals surface area contributed by atoms with E-state index in [1.165, 1.54) is 0 Å². The smallest absolute Gasteiger partial charge is 0.142 e. The number of ether oxygens (including phenoxy) is 2. The van der Waals surface area contributed by atoms with E-state index in [0.29, 0.717) is 16.5 Å². The third kappa shape index (κ3) is 2.89. The van der Waals surface area contributed by atoms with Gasteiger partial charge in [-0.05, 0) is 46.6 Å². The molecule has 0 amide bonds. The maximum Gasteiger partial charge on any atom is 0.142 e. The molecular weight excluding hydrogens is 354 g/mol. The third-order valence-corrected chi connectivity index (χ3v) is 4.56. The zero-order valence-electron chi connectivity index (χ0n) is 12.1. The molecule has 0 radical (unpaired) electrons. The van der Waals surface area contributed by atoms with E-state index >= 15 is 0 Å². The van der Waals surface area contributed by atoms with Crippen LogP contribution in [0.3, 0.4) is 0 Å². The molecule has 1 unspecified atom stereocenters. The van der Waals surface area contributed by atoms with Crippen molar-refractivity contribution in [3.05, 3.63) is 57.0 Å². The summed E-state index contributed by atoms with van der Waals surface area (Å²) in [6.07, 6.45) is 0. The van der Waals surface area contributed by atoms with Crippen LogP contribution >= 0.6 is 27.5 Å². The number of methoxy groups -OCH3 is 2. The molecular formula is C16H17BrClNO2. The van der Waals surface area contributed by atoms with Crippen molar-refractivity contribution in [2.75, 3.05) is 14.2 Å². The fourth-order valence-electron chi connectivity index (χ4n) is 2.33. The largest absolute Gasteiger partial charge is 0.495 e. The van der Waals surface area contributed by atoms with Gasteiger partial charge in [-0.1, -0.05) is 29.8 Å². The van der Waals surface area contributed by atoms with Crippen molar-refractivity contribution in [1.29, 1.82) is 0 Å². The lowest BCUT2D eigenvalue weighted by molar-refractivity contribution is 0.379. The minimum Gasteiger partial charge on any atom is -0.495 e. The summed E-state index contributed by atoms with van der Waals surface area (Å²) in [5.74, 6) is 1.32. The molecule has 0 spiro atoms. The van der Waals surface area contributed by atoms with Crippen molar-refractivity contribution in [3.63, 3.8) is 0 Å². The highest BCUT2D eigenvalue weighted by molar-refractivity contribution is 9.10. The summed E-state index contributed by atoms with van der Waals surface area (Å²) in [6, 6.07) is 11.3. The third-order valence-electron chi connectivity index (χ3n) is 3.48. The topological polar surface area (TPSA) is 44.5 Å². The lowest BCUT2D eigenvalue weighted by Crippen LogP contribution is -2.35. The average molecular weight is 371 g/mol. The summed E-state index contributed by atoms with van der Waals surface area (Å²) in [7, 11) is 3.21. The predicted octanol–water partition coefficient (Wildman–Crippen LogP) is 4.34. The van der Waals surface area contributed by atoms with Gasteiger partial charge < -0.3 is 15.2 Å². The van der Waals surface area contributed by atoms with E-state index in [2.05, 4.69) is 15.9 Å². The molecule has 1 atom stereocenters. The minimum absolute atomic E-state index is 0.622. The molecule has 112 valence electrons. The molecule has 0 bridgehead atoms. The van der Waals surface area contributed by atoms with Gasteiger partial charge in [0.25, 0.3) is 0 Å². The van der Waals surface area contributed by atoms with Crippen LogP contribution in [0.2, 0.25) is 5.02 Å². The molecule has 0 saturated carbocycles. The van der Waals surface area contributed by atoms with Crippen molar-refractivity contribution in [1.82, 2.24) is 0 Å². The Morgan fingerprint density at radius 1 is 1.05 bits per heavy atom. The molecule has 2 aromatic carbocycles. The van der Waals surface area contributed by atoms with Crippen LogP contribution in [-0.2, 0) is 5.54 Å². The molecule has 2 N–H and O–H groups in total. The van der Waals surface area contributed by atoms with Crippen LogP contribution in [0.4, 0.5) is 0 Å². The van der Waals surface area contributed by atoms with Gasteiger partial charge in [0.2, 0.25) is 0 Å². The van der Waals surface area contributed by atoms with Gasteiger partial charge in [-0.3, -0.25) is 0 Å². The first-order chi connectivity index (χ1) is 9.93. The normalized spacial score (nSPS) is 13.6. The van der Waals surface area contributed by atoms with E-state index in [1.54, 1.807) is 14.2 Å². The van der Waals surface area contributed by atoms with Gasteiger partial charge in [-0.25, -0.2) is 0 Å². The highest BCUT2D eigenvalue weighted by atomic mass is 79.9. The van der Waals surface area contributed by atoms with Crippen LogP contribution in [0, 0.1) is 0 Å². The van der Waals surface area contributed by atoms with Crippen LogP contribution in [0.5, 0.6) is 11.5 Å². The minimum atomic E-state index is -0.793. The van der Waals surface area contributed by atoms with Gasteiger partial charge in [0, 0.05) is 10.6 Å². The van der Waals surface area contributed by atoms with E-state index in [9.17, 15) is 0 Å². The van der Waals surface area contributed by atoms with Crippen molar-refractivity contribution >= 4 is 27.5 Å². The Kier molecular flexibility index (Phi) is 4.81. The maximum atomic E-state index is 6.57. The van der Waals surface area contributed by atoms with E-state index in [4.69, 9.17) is 26.8 Å². The Bertz CT molecular complexity index is 659. The Balaban J connectivity index is 2.65. The number of hydrogen-bond donors (Lipinski definition) is 1. The van der Waals surface area contributed by atoms with E-state index in [0.717, 1.165) is 15.6 Å². The second-order valence-corrected chi connectivity index (χ2v) is 6.05. The van der Waals surface area contributed by atoms with Gasteiger partial charge in [0.15, 0.2) is 0 Å². The molecule has 5 heteroatoms. The van der Waals surface area contributed by atoms with Gasteiger partial charge in [0.1, 0.15) is 16.0 Å². The van der Waals surface area contributed by atoms with Crippen LogP contribution in [0.1, 0.15) is 18.1 Å². The fourth-order valence-corrected chi connectivity index (χ4v) is 3.33. The number of halogens is 2. The zero-order valence-corrected chi connectivity index (χ0v) is 14.5. The van der Waals surface area contributed by atoms with Crippen molar-refractivity contribution < 1.29 is 9.47 Å². The second kappa shape index (κ2) is 6.26. The molecule has 0 aliphatic carbocycles. The molecule has 2 aromatic rings. The van der Waals surface area contributed by atoms with Crippen LogP contribution in [-0.4, -0.2) is 14.2 Å². The molecule has 0 aromatic heterocycles. The Hall–Kier alpha value is -1.23. The van der Waals surface area contributed by atoms with Crippen molar-refractivity contribution in [2.24, 2.45) is 5.73 Å². The first-order valence-electron chi connectivity index (χ1n) is 6.38. The van der Waals surface area contributed by atoms with Crippen LogP contribution < -0.4 is 15.2 Å². The molecule has 0 fully saturated rings. The standard InChI is InChI=1S/C16H17BrClNO2/c1-16(19,10-6-4-5-7-12(10)18)11-8-9-13(20-2)14(17)15(11)21-3/h4-9H,19H2,1-3H3. The van der Waals surface area contributed by atoms with Crippen LogP contribution in [0.15, 0.2) is 40.9 Å². The number of hydrogen-bond acceptors (Lipinski definition) is 3. The van der Waals surface area contributed by atoms with Gasteiger partial charge >= 0.3 is 0 Å². The summed E-state index contributed by atoms with van der Waals surface area (Å²) in [6.45, 7) is 1.91. The average Bonchev–Trinajstić information content (AvgIpc) is 2.47. The Morgan fingerprint density at radius 3 is 2.29 bits per heavy atom. The zero-order chi connectivity index (χ0) is 15.6. The van der Waals surface area contributed by atoms with Crippen LogP contribution in [0.25, 0.3) is 0 Å². The monoisotopic (exact) mass is 369 g/mol. The number of rotatable bonds is 4. The second-order valence-electron chi connectivity index (χ2n) is 4.84. The summed E-state index contributed by atoms with van der Waals surface area (Å²) < 4.78 is 11.5. The molecule has 0 saturated heterocycles. The van der Waals surface area contributed by atoms with E-state index in [1.807, 2.05) is 43.3 Å². The quantitative estimate of drug-likeness (QED) is 0.870. The summed E-state index contributed by atoms with van der Waals surface area (Å²) in [5, 5.41) is 0.622. The van der Waals surface area contributed by atoms with Gasteiger partial charge in [-0.15, -0.1) is 0 Å². The number of nitrogens with two attached hydrogens (primary N) is 1. The highest BCUT2D eigenvalue weighted by Crippen LogP contribution is 2.43. The molecule has 21 heavy (non-hydrogen) atoms. The van der Waals surface area contributed by atoms with Gasteiger partial charge in [0.05, 0.1) is 19.8 Å². The Morgan fingerprint density at radius 2 is 1.71 bits per heavy atom. The molecule has 0 heterocycles. The van der Waals surface area contributed by atoms with Crippen molar-refractivity contribution in [3.8, 4) is 11.5 Å². The van der Waals surface area contributed by atoms with E-state index < -0.39 is 5.54 Å². The Labute approximate surface area is 138 Å². The van der Waals surface area contributed by atoms with Crippen molar-refractivity contribution in [2.45, 2.75) is 12.5 Å². The molecule has 0 aliphatic heterocycles. The lowest BCUT2D eigenvalue weighted by atomic mass is 9.85. The first kappa shape index (κ1) is 16.1. The highest BCUT2D eigenvalue weighted by Gasteiger charge is 2.31.